The van der Waals surface area contributed by atoms with E-state index in [0.29, 0.717) is 19.4 Å². The van der Waals surface area contributed by atoms with Crippen LogP contribution in [0.2, 0.25) is 0 Å². The van der Waals surface area contributed by atoms with E-state index in [4.69, 9.17) is 5.73 Å². The molecule has 0 aromatic heterocycles. The molecular weight excluding hydrogens is 258 g/mol. The molecule has 2 amide bonds. The zero-order valence-corrected chi connectivity index (χ0v) is 11.0. The van der Waals surface area contributed by atoms with Crippen molar-refractivity contribution in [3.63, 3.8) is 0 Å². The largest absolute Gasteiger partial charge is 0.508 e. The van der Waals surface area contributed by atoms with Crippen LogP contribution in [0.3, 0.4) is 0 Å². The lowest BCUT2D eigenvalue weighted by Gasteiger charge is -2.34. The first kappa shape index (κ1) is 12.9. The van der Waals surface area contributed by atoms with Crippen molar-refractivity contribution >= 4 is 11.8 Å². The number of carbonyl (C=O) groups excluding carboxylic acids is 2. The van der Waals surface area contributed by atoms with Gasteiger partial charge in [0.05, 0.1) is 0 Å². The standard InChI is InChI=1S/C14H17N3O3/c15-9-6-12-13(19)16-11(14(20)17(12)7-9)5-8-1-3-10(18)4-2-8/h1-4,9,11-12,18H,5-7,15H2,(H,16,19)/t9-,11+,12+/m1/s1. The number of carbonyl (C=O) groups is 2. The smallest absolute Gasteiger partial charge is 0.246 e. The summed E-state index contributed by atoms with van der Waals surface area (Å²) in [6.07, 6.45) is 0.951. The molecule has 0 radical (unpaired) electrons. The van der Waals surface area contributed by atoms with E-state index in [9.17, 15) is 14.7 Å². The first-order chi connectivity index (χ1) is 9.54. The third kappa shape index (κ3) is 2.22. The van der Waals surface area contributed by atoms with Crippen molar-refractivity contribution in [3.05, 3.63) is 29.8 Å². The van der Waals surface area contributed by atoms with Crippen molar-refractivity contribution in [2.75, 3.05) is 6.54 Å². The molecule has 0 bridgehead atoms. The third-order valence-electron chi connectivity index (χ3n) is 3.91. The number of hydrogen-bond acceptors (Lipinski definition) is 4. The number of nitrogens with zero attached hydrogens (tertiary/aromatic N) is 1. The van der Waals surface area contributed by atoms with Crippen LogP contribution in [0, 0.1) is 0 Å². The summed E-state index contributed by atoms with van der Waals surface area (Å²) in [6, 6.07) is 5.55. The van der Waals surface area contributed by atoms with Gasteiger partial charge in [-0.05, 0) is 24.1 Å². The molecule has 0 saturated carbocycles. The van der Waals surface area contributed by atoms with Crippen molar-refractivity contribution in [2.24, 2.45) is 5.73 Å². The maximum absolute atomic E-state index is 12.4. The van der Waals surface area contributed by atoms with Gasteiger partial charge in [0.25, 0.3) is 0 Å². The second kappa shape index (κ2) is 4.79. The van der Waals surface area contributed by atoms with Crippen molar-refractivity contribution in [3.8, 4) is 5.75 Å². The molecule has 2 heterocycles. The van der Waals surface area contributed by atoms with Gasteiger partial charge in [-0.1, -0.05) is 12.1 Å². The first-order valence-electron chi connectivity index (χ1n) is 6.69. The van der Waals surface area contributed by atoms with Gasteiger partial charge in [0, 0.05) is 19.0 Å². The zero-order valence-electron chi connectivity index (χ0n) is 11.0. The molecule has 2 fully saturated rings. The van der Waals surface area contributed by atoms with E-state index in [0.717, 1.165) is 5.56 Å². The van der Waals surface area contributed by atoms with Crippen molar-refractivity contribution in [2.45, 2.75) is 31.0 Å². The maximum Gasteiger partial charge on any atom is 0.246 e. The number of nitrogens with two attached hydrogens (primary N) is 1. The van der Waals surface area contributed by atoms with E-state index in [-0.39, 0.29) is 23.6 Å². The Hall–Kier alpha value is -2.08. The van der Waals surface area contributed by atoms with E-state index in [1.807, 2.05) is 0 Å². The number of piperazine rings is 1. The summed E-state index contributed by atoms with van der Waals surface area (Å²) < 4.78 is 0. The van der Waals surface area contributed by atoms with E-state index in [1.165, 1.54) is 0 Å². The summed E-state index contributed by atoms with van der Waals surface area (Å²) in [4.78, 5) is 26.0. The number of phenolic OH excluding ortho intramolecular Hbond substituents is 1. The molecule has 1 aromatic rings. The lowest BCUT2D eigenvalue weighted by atomic mass is 10.0. The van der Waals surface area contributed by atoms with E-state index in [2.05, 4.69) is 5.32 Å². The van der Waals surface area contributed by atoms with E-state index in [1.54, 1.807) is 29.2 Å². The van der Waals surface area contributed by atoms with Crippen LogP contribution in [0.15, 0.2) is 24.3 Å². The molecule has 0 aliphatic carbocycles. The normalized spacial score (nSPS) is 29.2. The van der Waals surface area contributed by atoms with Gasteiger partial charge in [-0.2, -0.15) is 0 Å². The van der Waals surface area contributed by atoms with Crippen LogP contribution in [0.4, 0.5) is 0 Å². The predicted molar refractivity (Wildman–Crippen MR) is 71.8 cm³/mol. The number of amides is 2. The molecule has 0 spiro atoms. The Morgan fingerprint density at radius 3 is 2.70 bits per heavy atom. The molecule has 106 valence electrons. The summed E-state index contributed by atoms with van der Waals surface area (Å²) in [5.74, 6) is -0.0182. The van der Waals surface area contributed by atoms with Crippen molar-refractivity contribution < 1.29 is 14.7 Å². The topological polar surface area (TPSA) is 95.7 Å². The monoisotopic (exact) mass is 275 g/mol. The molecule has 6 heteroatoms. The van der Waals surface area contributed by atoms with Crippen LogP contribution >= 0.6 is 0 Å². The quantitative estimate of drug-likeness (QED) is 0.669. The average Bonchev–Trinajstić information content (AvgIpc) is 2.81. The molecule has 20 heavy (non-hydrogen) atoms. The molecule has 2 aliphatic heterocycles. The van der Waals surface area contributed by atoms with Crippen LogP contribution in [-0.4, -0.2) is 46.5 Å². The Balaban J connectivity index is 1.76. The summed E-state index contributed by atoms with van der Waals surface area (Å²) in [5.41, 5.74) is 6.72. The molecule has 3 rings (SSSR count). The van der Waals surface area contributed by atoms with Crippen LogP contribution < -0.4 is 11.1 Å². The zero-order chi connectivity index (χ0) is 14.3. The van der Waals surface area contributed by atoms with Crippen molar-refractivity contribution in [1.29, 1.82) is 0 Å². The number of nitrogens with one attached hydrogen (secondary N) is 1. The number of benzene rings is 1. The van der Waals surface area contributed by atoms with Gasteiger partial charge in [-0.25, -0.2) is 0 Å². The predicted octanol–water partition coefficient (Wildman–Crippen LogP) is -0.639. The molecule has 6 nitrogen and oxygen atoms in total. The fraction of sp³-hybridized carbons (Fsp3) is 0.429. The van der Waals surface area contributed by atoms with Gasteiger partial charge in [0.1, 0.15) is 17.8 Å². The van der Waals surface area contributed by atoms with E-state index < -0.39 is 12.1 Å². The summed E-state index contributed by atoms with van der Waals surface area (Å²) in [5, 5.41) is 12.0. The number of rotatable bonds is 2. The highest BCUT2D eigenvalue weighted by Gasteiger charge is 2.45. The van der Waals surface area contributed by atoms with Crippen molar-refractivity contribution in [1.82, 2.24) is 10.2 Å². The summed E-state index contributed by atoms with van der Waals surface area (Å²) in [6.45, 7) is 0.447. The minimum atomic E-state index is -0.548. The molecule has 2 saturated heterocycles. The average molecular weight is 275 g/mol. The maximum atomic E-state index is 12.4. The Morgan fingerprint density at radius 2 is 2.00 bits per heavy atom. The Bertz CT molecular complexity index is 543. The third-order valence-corrected chi connectivity index (χ3v) is 3.91. The van der Waals surface area contributed by atoms with E-state index >= 15 is 0 Å². The first-order valence-corrected chi connectivity index (χ1v) is 6.69. The minimum absolute atomic E-state index is 0.0735. The number of phenols is 1. The highest BCUT2D eigenvalue weighted by molar-refractivity contribution is 5.97. The lowest BCUT2D eigenvalue weighted by Crippen LogP contribution is -2.61. The molecule has 1 aromatic carbocycles. The SMILES string of the molecule is N[C@@H]1C[C@H]2C(=O)N[C@@H](Cc3ccc(O)cc3)C(=O)N2C1. The fourth-order valence-corrected chi connectivity index (χ4v) is 2.90. The second-order valence-electron chi connectivity index (χ2n) is 5.43. The summed E-state index contributed by atoms with van der Waals surface area (Å²) >= 11 is 0. The minimum Gasteiger partial charge on any atom is -0.508 e. The van der Waals surface area contributed by atoms with Crippen LogP contribution in [0.5, 0.6) is 5.75 Å². The van der Waals surface area contributed by atoms with Gasteiger partial charge >= 0.3 is 0 Å². The van der Waals surface area contributed by atoms with Gasteiger partial charge in [0.15, 0.2) is 0 Å². The number of aromatic hydroxyl groups is 1. The highest BCUT2D eigenvalue weighted by atomic mass is 16.3. The molecule has 0 unspecified atom stereocenters. The summed E-state index contributed by atoms with van der Waals surface area (Å²) in [7, 11) is 0. The Morgan fingerprint density at radius 1 is 1.30 bits per heavy atom. The molecule has 3 atom stereocenters. The number of fused-ring (bicyclic) bond motifs is 1. The molecular formula is C14H17N3O3. The molecule has 4 N–H and O–H groups in total. The van der Waals surface area contributed by atoms with Gasteiger partial charge in [-0.15, -0.1) is 0 Å². The second-order valence-corrected chi connectivity index (χ2v) is 5.43. The number of hydrogen-bond donors (Lipinski definition) is 3. The lowest BCUT2D eigenvalue weighted by molar-refractivity contribution is -0.146. The highest BCUT2D eigenvalue weighted by Crippen LogP contribution is 2.23. The Labute approximate surface area is 116 Å². The van der Waals surface area contributed by atoms with Gasteiger partial charge in [0.2, 0.25) is 11.8 Å². The van der Waals surface area contributed by atoms with Crippen LogP contribution in [0.25, 0.3) is 0 Å². The van der Waals surface area contributed by atoms with Gasteiger partial charge in [-0.3, -0.25) is 9.59 Å². The molecule has 2 aliphatic rings. The van der Waals surface area contributed by atoms with Crippen LogP contribution in [0.1, 0.15) is 12.0 Å². The van der Waals surface area contributed by atoms with Gasteiger partial charge < -0.3 is 21.1 Å². The fourth-order valence-electron chi connectivity index (χ4n) is 2.90. The Kier molecular flexibility index (Phi) is 3.10. The van der Waals surface area contributed by atoms with Crippen LogP contribution in [-0.2, 0) is 16.0 Å².